The molecule has 2 heteroatoms. The molecule has 1 N–H and O–H groups in total. The first-order valence-corrected chi connectivity index (χ1v) is 4.24. The number of nitrogens with one attached hydrogen (secondary N) is 1. The van der Waals surface area contributed by atoms with Gasteiger partial charge in [-0.25, -0.2) is 4.39 Å². The zero-order valence-corrected chi connectivity index (χ0v) is 7.47. The van der Waals surface area contributed by atoms with E-state index in [1.54, 1.807) is 12.1 Å². The SMILES string of the molecule is CC[C@@H](C)Nc1ccc(F)cc1. The fraction of sp³-hybridized carbons (Fsp3) is 0.400. The van der Waals surface area contributed by atoms with Gasteiger partial charge in [0.1, 0.15) is 5.82 Å². The number of halogens is 1. The van der Waals surface area contributed by atoms with Crippen LogP contribution in [0.15, 0.2) is 24.3 Å². The van der Waals surface area contributed by atoms with Gasteiger partial charge in [0.15, 0.2) is 0 Å². The average molecular weight is 167 g/mol. The fourth-order valence-corrected chi connectivity index (χ4v) is 0.933. The Morgan fingerprint density at radius 2 is 1.92 bits per heavy atom. The molecule has 1 aromatic rings. The van der Waals surface area contributed by atoms with Gasteiger partial charge >= 0.3 is 0 Å². The molecule has 1 aromatic carbocycles. The first-order chi connectivity index (χ1) is 5.72. The number of benzene rings is 1. The maximum absolute atomic E-state index is 12.5. The van der Waals surface area contributed by atoms with Crippen molar-refractivity contribution in [2.75, 3.05) is 5.32 Å². The Morgan fingerprint density at radius 3 is 2.42 bits per heavy atom. The van der Waals surface area contributed by atoms with Crippen molar-refractivity contribution in [2.24, 2.45) is 0 Å². The molecular formula is C10H14FN. The third kappa shape index (κ3) is 2.53. The molecule has 0 amide bonds. The van der Waals surface area contributed by atoms with Crippen LogP contribution in [0.3, 0.4) is 0 Å². The molecule has 0 radical (unpaired) electrons. The highest BCUT2D eigenvalue weighted by molar-refractivity contribution is 5.43. The predicted octanol–water partition coefficient (Wildman–Crippen LogP) is 3.04. The molecule has 1 nitrogen and oxygen atoms in total. The summed E-state index contributed by atoms with van der Waals surface area (Å²) in [7, 11) is 0. The van der Waals surface area contributed by atoms with Crippen LogP contribution >= 0.6 is 0 Å². The summed E-state index contributed by atoms with van der Waals surface area (Å²) in [5.41, 5.74) is 0.978. The molecule has 0 fully saturated rings. The zero-order chi connectivity index (χ0) is 8.97. The number of anilines is 1. The van der Waals surface area contributed by atoms with Crippen molar-refractivity contribution in [3.05, 3.63) is 30.1 Å². The van der Waals surface area contributed by atoms with Gasteiger partial charge in [-0.15, -0.1) is 0 Å². The monoisotopic (exact) mass is 167 g/mol. The van der Waals surface area contributed by atoms with E-state index in [2.05, 4.69) is 19.2 Å². The molecule has 0 aliphatic heterocycles. The van der Waals surface area contributed by atoms with E-state index in [0.717, 1.165) is 12.1 Å². The molecule has 0 spiro atoms. The van der Waals surface area contributed by atoms with Crippen LogP contribution in [0.4, 0.5) is 10.1 Å². The Morgan fingerprint density at radius 1 is 1.33 bits per heavy atom. The Labute approximate surface area is 72.6 Å². The summed E-state index contributed by atoms with van der Waals surface area (Å²) in [4.78, 5) is 0. The van der Waals surface area contributed by atoms with Crippen molar-refractivity contribution in [1.82, 2.24) is 0 Å². The molecule has 0 saturated heterocycles. The molecule has 0 heterocycles. The largest absolute Gasteiger partial charge is 0.383 e. The van der Waals surface area contributed by atoms with Crippen molar-refractivity contribution in [1.29, 1.82) is 0 Å². The zero-order valence-electron chi connectivity index (χ0n) is 7.47. The lowest BCUT2D eigenvalue weighted by Crippen LogP contribution is -2.12. The van der Waals surface area contributed by atoms with Crippen molar-refractivity contribution >= 4 is 5.69 Å². The summed E-state index contributed by atoms with van der Waals surface area (Å²) in [5, 5.41) is 3.25. The van der Waals surface area contributed by atoms with E-state index in [0.29, 0.717) is 6.04 Å². The van der Waals surface area contributed by atoms with Crippen LogP contribution in [0.2, 0.25) is 0 Å². The standard InChI is InChI=1S/C10H14FN/c1-3-8(2)12-10-6-4-9(11)5-7-10/h4-8,12H,3H2,1-2H3/t8-/m1/s1. The van der Waals surface area contributed by atoms with Gasteiger partial charge < -0.3 is 5.32 Å². The Kier molecular flexibility index (Phi) is 3.09. The lowest BCUT2D eigenvalue weighted by molar-refractivity contribution is 0.627. The number of hydrogen-bond acceptors (Lipinski definition) is 1. The van der Waals surface area contributed by atoms with Crippen LogP contribution < -0.4 is 5.32 Å². The van der Waals surface area contributed by atoms with Crippen molar-refractivity contribution in [3.63, 3.8) is 0 Å². The molecule has 0 saturated carbocycles. The van der Waals surface area contributed by atoms with Gasteiger partial charge in [0, 0.05) is 11.7 Å². The minimum atomic E-state index is -0.190. The quantitative estimate of drug-likeness (QED) is 0.729. The predicted molar refractivity (Wildman–Crippen MR) is 49.8 cm³/mol. The molecule has 12 heavy (non-hydrogen) atoms. The Hall–Kier alpha value is -1.05. The van der Waals surface area contributed by atoms with Crippen LogP contribution in [-0.2, 0) is 0 Å². The lowest BCUT2D eigenvalue weighted by atomic mass is 10.2. The van der Waals surface area contributed by atoms with Gasteiger partial charge in [0.2, 0.25) is 0 Å². The highest BCUT2D eigenvalue weighted by atomic mass is 19.1. The normalized spacial score (nSPS) is 12.6. The van der Waals surface area contributed by atoms with E-state index < -0.39 is 0 Å². The van der Waals surface area contributed by atoms with Gasteiger partial charge in [-0.2, -0.15) is 0 Å². The third-order valence-electron chi connectivity index (χ3n) is 1.87. The molecule has 0 aliphatic carbocycles. The van der Waals surface area contributed by atoms with Crippen LogP contribution in [0.1, 0.15) is 20.3 Å². The van der Waals surface area contributed by atoms with Crippen molar-refractivity contribution < 1.29 is 4.39 Å². The highest BCUT2D eigenvalue weighted by Crippen LogP contribution is 2.10. The second-order valence-electron chi connectivity index (χ2n) is 2.96. The first-order valence-electron chi connectivity index (χ1n) is 4.24. The minimum Gasteiger partial charge on any atom is -0.383 e. The highest BCUT2D eigenvalue weighted by Gasteiger charge is 1.97. The molecule has 66 valence electrons. The Bertz CT molecular complexity index is 230. The van der Waals surface area contributed by atoms with Crippen LogP contribution in [0, 0.1) is 5.82 Å². The second kappa shape index (κ2) is 4.10. The number of rotatable bonds is 3. The molecule has 0 unspecified atom stereocenters. The maximum atomic E-state index is 12.5. The van der Waals surface area contributed by atoms with E-state index in [1.807, 2.05) is 0 Å². The smallest absolute Gasteiger partial charge is 0.123 e. The van der Waals surface area contributed by atoms with E-state index in [1.165, 1.54) is 12.1 Å². The molecule has 0 bridgehead atoms. The molecule has 0 aliphatic rings. The maximum Gasteiger partial charge on any atom is 0.123 e. The van der Waals surface area contributed by atoms with Gasteiger partial charge in [-0.1, -0.05) is 6.92 Å². The topological polar surface area (TPSA) is 12.0 Å². The van der Waals surface area contributed by atoms with Gasteiger partial charge in [0.05, 0.1) is 0 Å². The summed E-state index contributed by atoms with van der Waals surface area (Å²) >= 11 is 0. The van der Waals surface area contributed by atoms with E-state index in [4.69, 9.17) is 0 Å². The van der Waals surface area contributed by atoms with Gasteiger partial charge in [0.25, 0.3) is 0 Å². The van der Waals surface area contributed by atoms with Crippen molar-refractivity contribution in [2.45, 2.75) is 26.3 Å². The third-order valence-corrected chi connectivity index (χ3v) is 1.87. The molecule has 1 atom stereocenters. The second-order valence-corrected chi connectivity index (χ2v) is 2.96. The lowest BCUT2D eigenvalue weighted by Gasteiger charge is -2.12. The van der Waals surface area contributed by atoms with Crippen LogP contribution in [0.5, 0.6) is 0 Å². The molecule has 1 rings (SSSR count). The van der Waals surface area contributed by atoms with E-state index in [-0.39, 0.29) is 5.82 Å². The fourth-order valence-electron chi connectivity index (χ4n) is 0.933. The van der Waals surface area contributed by atoms with Gasteiger partial charge in [-0.05, 0) is 37.6 Å². The first kappa shape index (κ1) is 9.04. The van der Waals surface area contributed by atoms with E-state index in [9.17, 15) is 4.39 Å². The summed E-state index contributed by atoms with van der Waals surface area (Å²) in [6.45, 7) is 4.21. The summed E-state index contributed by atoms with van der Waals surface area (Å²) in [5.74, 6) is -0.190. The summed E-state index contributed by atoms with van der Waals surface area (Å²) in [6.07, 6.45) is 1.07. The van der Waals surface area contributed by atoms with Crippen LogP contribution in [-0.4, -0.2) is 6.04 Å². The number of hydrogen-bond donors (Lipinski definition) is 1. The van der Waals surface area contributed by atoms with E-state index >= 15 is 0 Å². The van der Waals surface area contributed by atoms with Crippen LogP contribution in [0.25, 0.3) is 0 Å². The van der Waals surface area contributed by atoms with Gasteiger partial charge in [-0.3, -0.25) is 0 Å². The van der Waals surface area contributed by atoms with Crippen molar-refractivity contribution in [3.8, 4) is 0 Å². The summed E-state index contributed by atoms with van der Waals surface area (Å²) in [6, 6.07) is 6.87. The molecular weight excluding hydrogens is 153 g/mol. The average Bonchev–Trinajstić information content (AvgIpc) is 2.09. The molecule has 0 aromatic heterocycles. The summed E-state index contributed by atoms with van der Waals surface area (Å²) < 4.78 is 12.5. The Balaban J connectivity index is 2.58. The minimum absolute atomic E-state index is 0.190.